The number of aliphatic carboxylic acids is 1. The van der Waals surface area contributed by atoms with E-state index in [1.165, 1.54) is 7.11 Å². The van der Waals surface area contributed by atoms with Crippen LogP contribution in [0.2, 0.25) is 0 Å². The molecule has 0 fully saturated rings. The van der Waals surface area contributed by atoms with Gasteiger partial charge in [0, 0.05) is 17.5 Å². The van der Waals surface area contributed by atoms with Crippen LogP contribution in [-0.4, -0.2) is 36.9 Å². The minimum absolute atomic E-state index is 0.0910. The average molecular weight is 294 g/mol. The van der Waals surface area contributed by atoms with E-state index in [1.54, 1.807) is 17.4 Å². The largest absolute Gasteiger partial charge is 0.480 e. The molecule has 0 bridgehead atoms. The van der Waals surface area contributed by atoms with Crippen molar-refractivity contribution in [1.82, 2.24) is 5.32 Å². The number of anilines is 1. The van der Waals surface area contributed by atoms with Gasteiger partial charge in [-0.3, -0.25) is 0 Å². The van der Waals surface area contributed by atoms with Gasteiger partial charge in [0.1, 0.15) is 0 Å². The smallest absolute Gasteiger partial charge is 0.328 e. The van der Waals surface area contributed by atoms with Gasteiger partial charge in [-0.1, -0.05) is 0 Å². The SMILES string of the molecule is COCC(NC(=O)Nc1ccc2sccc2c1)C(=O)O. The molecule has 1 atom stereocenters. The predicted molar refractivity (Wildman–Crippen MR) is 77.3 cm³/mol. The first kappa shape index (κ1) is 14.3. The number of ether oxygens (including phenoxy) is 1. The third-order valence-corrected chi connectivity index (χ3v) is 3.54. The Hall–Kier alpha value is -2.12. The lowest BCUT2D eigenvalue weighted by Gasteiger charge is -2.14. The number of amides is 2. The minimum Gasteiger partial charge on any atom is -0.480 e. The summed E-state index contributed by atoms with van der Waals surface area (Å²) in [4.78, 5) is 22.6. The van der Waals surface area contributed by atoms with E-state index in [0.717, 1.165) is 10.1 Å². The lowest BCUT2D eigenvalue weighted by Crippen LogP contribution is -2.45. The van der Waals surface area contributed by atoms with Crippen LogP contribution in [0.1, 0.15) is 0 Å². The molecule has 2 aromatic rings. The number of thiophene rings is 1. The van der Waals surface area contributed by atoms with Gasteiger partial charge in [0.05, 0.1) is 6.61 Å². The Morgan fingerprint density at radius 2 is 2.20 bits per heavy atom. The van der Waals surface area contributed by atoms with Crippen LogP contribution in [0.5, 0.6) is 0 Å². The van der Waals surface area contributed by atoms with Crippen molar-refractivity contribution in [2.45, 2.75) is 6.04 Å². The Morgan fingerprint density at radius 3 is 2.90 bits per heavy atom. The third-order valence-electron chi connectivity index (χ3n) is 2.65. The first-order valence-corrected chi connectivity index (χ1v) is 6.74. The Kier molecular flexibility index (Phi) is 4.54. The van der Waals surface area contributed by atoms with E-state index in [1.807, 2.05) is 23.6 Å². The van der Waals surface area contributed by atoms with E-state index in [0.29, 0.717) is 5.69 Å². The summed E-state index contributed by atoms with van der Waals surface area (Å²) in [6, 6.07) is 5.80. The molecule has 0 saturated carbocycles. The number of fused-ring (bicyclic) bond motifs is 1. The van der Waals surface area contributed by atoms with E-state index < -0.39 is 18.0 Å². The Labute approximate surface area is 119 Å². The van der Waals surface area contributed by atoms with E-state index >= 15 is 0 Å². The maximum Gasteiger partial charge on any atom is 0.328 e. The maximum atomic E-state index is 11.7. The summed E-state index contributed by atoms with van der Waals surface area (Å²) in [5.74, 6) is -1.14. The fourth-order valence-corrected chi connectivity index (χ4v) is 2.48. The Balaban J connectivity index is 2.01. The fraction of sp³-hybridized carbons (Fsp3) is 0.231. The molecule has 2 rings (SSSR count). The molecule has 106 valence electrons. The monoisotopic (exact) mass is 294 g/mol. The number of carbonyl (C=O) groups excluding carboxylic acids is 1. The van der Waals surface area contributed by atoms with Crippen LogP contribution in [0.3, 0.4) is 0 Å². The first-order valence-electron chi connectivity index (χ1n) is 5.86. The van der Waals surface area contributed by atoms with Crippen LogP contribution < -0.4 is 10.6 Å². The lowest BCUT2D eigenvalue weighted by atomic mass is 10.2. The lowest BCUT2D eigenvalue weighted by molar-refractivity contribution is -0.140. The molecule has 2 amide bonds. The van der Waals surface area contributed by atoms with Crippen molar-refractivity contribution in [2.75, 3.05) is 19.0 Å². The van der Waals surface area contributed by atoms with E-state index in [4.69, 9.17) is 9.84 Å². The first-order chi connectivity index (χ1) is 9.60. The number of methoxy groups -OCH3 is 1. The zero-order chi connectivity index (χ0) is 14.5. The van der Waals surface area contributed by atoms with Crippen LogP contribution in [-0.2, 0) is 9.53 Å². The van der Waals surface area contributed by atoms with Crippen molar-refractivity contribution < 1.29 is 19.4 Å². The fourth-order valence-electron chi connectivity index (χ4n) is 1.71. The predicted octanol–water partition coefficient (Wildman–Crippen LogP) is 2.12. The van der Waals surface area contributed by atoms with Gasteiger partial charge in [-0.15, -0.1) is 11.3 Å². The van der Waals surface area contributed by atoms with Crippen LogP contribution in [0.25, 0.3) is 10.1 Å². The molecular formula is C13H14N2O4S. The number of carboxylic acids is 1. The number of carbonyl (C=O) groups is 2. The van der Waals surface area contributed by atoms with Gasteiger partial charge in [-0.25, -0.2) is 9.59 Å². The van der Waals surface area contributed by atoms with Gasteiger partial charge >= 0.3 is 12.0 Å². The average Bonchev–Trinajstić information content (AvgIpc) is 2.85. The van der Waals surface area contributed by atoms with Crippen molar-refractivity contribution in [3.05, 3.63) is 29.6 Å². The number of carboxylic acid groups (broad SMARTS) is 1. The molecule has 7 heteroatoms. The van der Waals surface area contributed by atoms with Crippen molar-refractivity contribution in [1.29, 1.82) is 0 Å². The van der Waals surface area contributed by atoms with Crippen LogP contribution in [0.4, 0.5) is 10.5 Å². The van der Waals surface area contributed by atoms with Crippen molar-refractivity contribution in [3.63, 3.8) is 0 Å². The second-order valence-corrected chi connectivity index (χ2v) is 5.07. The molecule has 1 unspecified atom stereocenters. The van der Waals surface area contributed by atoms with E-state index in [2.05, 4.69) is 10.6 Å². The highest BCUT2D eigenvalue weighted by Gasteiger charge is 2.19. The van der Waals surface area contributed by atoms with Gasteiger partial charge in [-0.2, -0.15) is 0 Å². The zero-order valence-electron chi connectivity index (χ0n) is 10.8. The highest BCUT2D eigenvalue weighted by atomic mass is 32.1. The van der Waals surface area contributed by atoms with Gasteiger partial charge in [0.15, 0.2) is 6.04 Å². The summed E-state index contributed by atoms with van der Waals surface area (Å²) in [6.45, 7) is -0.0910. The summed E-state index contributed by atoms with van der Waals surface area (Å²) in [6.07, 6.45) is 0. The normalized spacial score (nSPS) is 12.1. The van der Waals surface area contributed by atoms with Crippen LogP contribution in [0, 0.1) is 0 Å². The summed E-state index contributed by atoms with van der Waals surface area (Å²) < 4.78 is 5.87. The molecule has 0 aliphatic heterocycles. The highest BCUT2D eigenvalue weighted by Crippen LogP contribution is 2.23. The molecule has 1 heterocycles. The maximum absolute atomic E-state index is 11.7. The zero-order valence-corrected chi connectivity index (χ0v) is 11.6. The summed E-state index contributed by atoms with van der Waals surface area (Å²) in [5.41, 5.74) is 0.606. The number of hydrogen-bond donors (Lipinski definition) is 3. The standard InChI is InChI=1S/C13H14N2O4S/c1-19-7-10(12(16)17)15-13(18)14-9-2-3-11-8(6-9)4-5-20-11/h2-6,10H,7H2,1H3,(H,16,17)(H2,14,15,18). The van der Waals surface area contributed by atoms with Gasteiger partial charge in [0.2, 0.25) is 0 Å². The molecule has 0 radical (unpaired) electrons. The molecule has 0 saturated heterocycles. The molecular weight excluding hydrogens is 280 g/mol. The molecule has 1 aromatic carbocycles. The summed E-state index contributed by atoms with van der Waals surface area (Å²) in [5, 5.41) is 16.8. The van der Waals surface area contributed by atoms with E-state index in [-0.39, 0.29) is 6.61 Å². The molecule has 20 heavy (non-hydrogen) atoms. The van der Waals surface area contributed by atoms with Gasteiger partial charge < -0.3 is 20.5 Å². The third kappa shape index (κ3) is 3.46. The van der Waals surface area contributed by atoms with Crippen molar-refractivity contribution in [3.8, 4) is 0 Å². The number of urea groups is 1. The molecule has 3 N–H and O–H groups in total. The quantitative estimate of drug-likeness (QED) is 0.788. The second-order valence-electron chi connectivity index (χ2n) is 4.12. The van der Waals surface area contributed by atoms with Crippen molar-refractivity contribution in [2.24, 2.45) is 0 Å². The highest BCUT2D eigenvalue weighted by molar-refractivity contribution is 7.17. The Morgan fingerprint density at radius 1 is 1.40 bits per heavy atom. The number of rotatable bonds is 5. The molecule has 1 aromatic heterocycles. The molecule has 6 nitrogen and oxygen atoms in total. The molecule has 0 spiro atoms. The summed E-state index contributed by atoms with van der Waals surface area (Å²) in [7, 11) is 1.38. The van der Waals surface area contributed by atoms with Crippen molar-refractivity contribution >= 4 is 39.1 Å². The molecule has 0 aliphatic carbocycles. The minimum atomic E-state index is -1.14. The topological polar surface area (TPSA) is 87.7 Å². The van der Waals surface area contributed by atoms with E-state index in [9.17, 15) is 9.59 Å². The second kappa shape index (κ2) is 6.36. The van der Waals surface area contributed by atoms with Crippen LogP contribution >= 0.6 is 11.3 Å². The molecule has 0 aliphatic rings. The number of nitrogens with one attached hydrogen (secondary N) is 2. The van der Waals surface area contributed by atoms with Crippen LogP contribution in [0.15, 0.2) is 29.6 Å². The van der Waals surface area contributed by atoms with Gasteiger partial charge in [-0.05, 0) is 35.0 Å². The summed E-state index contributed by atoms with van der Waals surface area (Å²) >= 11 is 1.61. The number of hydrogen-bond acceptors (Lipinski definition) is 4. The Bertz CT molecular complexity index is 626. The number of benzene rings is 1. The van der Waals surface area contributed by atoms with Gasteiger partial charge in [0.25, 0.3) is 0 Å².